The first-order chi connectivity index (χ1) is 9.62. The average Bonchev–Trinajstić information content (AvgIpc) is 2.60. The highest BCUT2D eigenvalue weighted by atomic mass is 32.2. The molecular weight excluding hydrogens is 299 g/mol. The van der Waals surface area contributed by atoms with Crippen molar-refractivity contribution < 1.29 is 22.4 Å². The number of hydrogen-bond donors (Lipinski definition) is 1. The molecule has 1 aromatic carbocycles. The molecule has 0 aromatic heterocycles. The van der Waals surface area contributed by atoms with Crippen LogP contribution in [0.5, 0.6) is 0 Å². The fourth-order valence-electron chi connectivity index (χ4n) is 2.32. The van der Waals surface area contributed by atoms with Crippen LogP contribution in [0.2, 0.25) is 0 Å². The fourth-order valence-corrected chi connectivity index (χ4v) is 3.04. The van der Waals surface area contributed by atoms with Crippen LogP contribution in [0.25, 0.3) is 0 Å². The summed E-state index contributed by atoms with van der Waals surface area (Å²) in [6.07, 6.45) is 0.286. The highest BCUT2D eigenvalue weighted by Crippen LogP contribution is 2.40. The summed E-state index contributed by atoms with van der Waals surface area (Å²) in [4.78, 5) is 24.5. The number of nitrogens with zero attached hydrogens (tertiary/aromatic N) is 1. The van der Waals surface area contributed by atoms with Gasteiger partial charge in [-0.1, -0.05) is 19.9 Å². The highest BCUT2D eigenvalue weighted by molar-refractivity contribution is 7.89. The van der Waals surface area contributed by atoms with Gasteiger partial charge in [0.15, 0.2) is 0 Å². The molecule has 2 N–H and O–H groups in total. The maximum absolute atomic E-state index is 14.1. The zero-order valence-corrected chi connectivity index (χ0v) is 12.4. The normalized spacial score (nSPS) is 23.0. The number of benzene rings is 1. The predicted molar refractivity (Wildman–Crippen MR) is 73.3 cm³/mol. The van der Waals surface area contributed by atoms with Gasteiger partial charge in [0.25, 0.3) is 0 Å². The van der Waals surface area contributed by atoms with E-state index in [1.54, 1.807) is 13.8 Å². The highest BCUT2D eigenvalue weighted by Gasteiger charge is 2.49. The van der Waals surface area contributed by atoms with Gasteiger partial charge in [-0.05, 0) is 18.6 Å². The Morgan fingerprint density at radius 3 is 2.48 bits per heavy atom. The summed E-state index contributed by atoms with van der Waals surface area (Å²) in [6, 6.07) is 3.20. The standard InChI is InChI=1S/C13H15FN2O4S/c1-3-13(2)7-10(17)16(12(13)18)11-8(14)5-4-6-9(11)21(15,19)20/h4-6H,3,7H2,1-2H3,(H2,15,19,20). The Morgan fingerprint density at radius 1 is 1.38 bits per heavy atom. The third-order valence-corrected chi connectivity index (χ3v) is 4.71. The van der Waals surface area contributed by atoms with E-state index in [1.807, 2.05) is 0 Å². The van der Waals surface area contributed by atoms with E-state index in [9.17, 15) is 22.4 Å². The molecule has 1 atom stereocenters. The third kappa shape index (κ3) is 2.44. The summed E-state index contributed by atoms with van der Waals surface area (Å²) in [5.41, 5.74) is -1.55. The van der Waals surface area contributed by atoms with Crippen molar-refractivity contribution in [3.05, 3.63) is 24.0 Å². The number of carbonyl (C=O) groups excluding carboxylic acids is 2. The molecule has 1 saturated heterocycles. The van der Waals surface area contributed by atoms with Crippen molar-refractivity contribution in [2.45, 2.75) is 31.6 Å². The molecule has 1 heterocycles. The Balaban J connectivity index is 2.69. The number of amides is 2. The number of carbonyl (C=O) groups is 2. The fraction of sp³-hybridized carbons (Fsp3) is 0.385. The Morgan fingerprint density at radius 2 is 2.00 bits per heavy atom. The van der Waals surface area contributed by atoms with Crippen LogP contribution in [0, 0.1) is 11.2 Å². The molecule has 0 aliphatic carbocycles. The van der Waals surface area contributed by atoms with Crippen LogP contribution in [0.3, 0.4) is 0 Å². The monoisotopic (exact) mass is 314 g/mol. The Kier molecular flexibility index (Phi) is 3.63. The molecule has 1 aromatic rings. The molecule has 1 unspecified atom stereocenters. The quantitative estimate of drug-likeness (QED) is 0.846. The Labute approximate surface area is 121 Å². The van der Waals surface area contributed by atoms with Gasteiger partial charge in [0.05, 0.1) is 5.41 Å². The van der Waals surface area contributed by atoms with Crippen LogP contribution >= 0.6 is 0 Å². The van der Waals surface area contributed by atoms with Crippen molar-refractivity contribution in [2.75, 3.05) is 4.90 Å². The minimum Gasteiger partial charge on any atom is -0.274 e. The van der Waals surface area contributed by atoms with Gasteiger partial charge in [0, 0.05) is 6.42 Å². The molecule has 2 amide bonds. The number of hydrogen-bond acceptors (Lipinski definition) is 4. The van der Waals surface area contributed by atoms with Crippen molar-refractivity contribution in [2.24, 2.45) is 10.6 Å². The maximum atomic E-state index is 14.1. The van der Waals surface area contributed by atoms with E-state index < -0.39 is 43.7 Å². The lowest BCUT2D eigenvalue weighted by Crippen LogP contribution is -2.36. The van der Waals surface area contributed by atoms with Gasteiger partial charge in [-0.25, -0.2) is 22.8 Å². The van der Waals surface area contributed by atoms with Crippen LogP contribution in [0.1, 0.15) is 26.7 Å². The van der Waals surface area contributed by atoms with Gasteiger partial charge in [-0.3, -0.25) is 9.59 Å². The number of sulfonamides is 1. The zero-order valence-electron chi connectivity index (χ0n) is 11.6. The minimum atomic E-state index is -4.27. The molecule has 1 aliphatic rings. The van der Waals surface area contributed by atoms with Crippen molar-refractivity contribution in [3.8, 4) is 0 Å². The number of anilines is 1. The number of imide groups is 1. The molecular formula is C13H15FN2O4S. The number of para-hydroxylation sites is 1. The summed E-state index contributed by atoms with van der Waals surface area (Å²) < 4.78 is 37.2. The van der Waals surface area contributed by atoms with Crippen LogP contribution in [0.4, 0.5) is 10.1 Å². The number of primary sulfonamides is 1. The van der Waals surface area contributed by atoms with Crippen molar-refractivity contribution in [1.82, 2.24) is 0 Å². The first-order valence-corrected chi connectivity index (χ1v) is 7.85. The predicted octanol–water partition coefficient (Wildman–Crippen LogP) is 1.15. The summed E-state index contributed by atoms with van der Waals surface area (Å²) in [7, 11) is -4.27. The van der Waals surface area contributed by atoms with Gasteiger partial charge in [0.2, 0.25) is 21.8 Å². The van der Waals surface area contributed by atoms with Gasteiger partial charge in [-0.15, -0.1) is 0 Å². The lowest BCUT2D eigenvalue weighted by Gasteiger charge is -2.22. The van der Waals surface area contributed by atoms with Crippen molar-refractivity contribution >= 4 is 27.5 Å². The van der Waals surface area contributed by atoms with Crippen LogP contribution in [-0.4, -0.2) is 20.2 Å². The summed E-state index contributed by atoms with van der Waals surface area (Å²) in [5, 5.41) is 5.04. The van der Waals surface area contributed by atoms with Crippen LogP contribution < -0.4 is 10.0 Å². The second-order valence-electron chi connectivity index (χ2n) is 5.26. The summed E-state index contributed by atoms with van der Waals surface area (Å²) in [6.45, 7) is 3.32. The molecule has 0 saturated carbocycles. The first-order valence-electron chi connectivity index (χ1n) is 6.30. The van der Waals surface area contributed by atoms with Gasteiger partial charge in [-0.2, -0.15) is 0 Å². The lowest BCUT2D eigenvalue weighted by molar-refractivity contribution is -0.125. The van der Waals surface area contributed by atoms with Crippen LogP contribution in [0.15, 0.2) is 23.1 Å². The van der Waals surface area contributed by atoms with E-state index in [1.165, 1.54) is 0 Å². The van der Waals surface area contributed by atoms with Crippen molar-refractivity contribution in [1.29, 1.82) is 0 Å². The summed E-state index contributed by atoms with van der Waals surface area (Å²) in [5.74, 6) is -2.24. The van der Waals surface area contributed by atoms with E-state index in [0.717, 1.165) is 18.2 Å². The van der Waals surface area contributed by atoms with Crippen molar-refractivity contribution in [3.63, 3.8) is 0 Å². The van der Waals surface area contributed by atoms with Crippen LogP contribution in [-0.2, 0) is 19.6 Å². The lowest BCUT2D eigenvalue weighted by atomic mass is 9.86. The molecule has 1 fully saturated rings. The molecule has 8 heteroatoms. The Bertz CT molecular complexity index is 732. The number of halogens is 1. The number of rotatable bonds is 3. The second-order valence-corrected chi connectivity index (χ2v) is 6.79. The minimum absolute atomic E-state index is 0.0965. The maximum Gasteiger partial charge on any atom is 0.240 e. The molecule has 0 bridgehead atoms. The molecule has 0 radical (unpaired) electrons. The van der Waals surface area contributed by atoms with E-state index in [4.69, 9.17) is 5.14 Å². The van der Waals surface area contributed by atoms with Gasteiger partial charge in [0.1, 0.15) is 16.4 Å². The van der Waals surface area contributed by atoms with Gasteiger partial charge >= 0.3 is 0 Å². The van der Waals surface area contributed by atoms with E-state index in [-0.39, 0.29) is 6.42 Å². The topological polar surface area (TPSA) is 97.5 Å². The first kappa shape index (κ1) is 15.6. The molecule has 0 spiro atoms. The van der Waals surface area contributed by atoms with E-state index >= 15 is 0 Å². The van der Waals surface area contributed by atoms with Gasteiger partial charge < -0.3 is 0 Å². The smallest absolute Gasteiger partial charge is 0.240 e. The molecule has 2 rings (SSSR count). The SMILES string of the molecule is CCC1(C)CC(=O)N(c2c(F)cccc2S(N)(=O)=O)C1=O. The molecule has 114 valence electrons. The molecule has 6 nitrogen and oxygen atoms in total. The largest absolute Gasteiger partial charge is 0.274 e. The number of nitrogens with two attached hydrogens (primary N) is 1. The zero-order chi connectivity index (χ0) is 16.0. The molecule has 21 heavy (non-hydrogen) atoms. The molecule has 1 aliphatic heterocycles. The third-order valence-electron chi connectivity index (χ3n) is 3.77. The van der Waals surface area contributed by atoms with E-state index in [2.05, 4.69) is 0 Å². The second kappa shape index (κ2) is 4.88. The Hall–Kier alpha value is -1.80. The average molecular weight is 314 g/mol. The summed E-state index contributed by atoms with van der Waals surface area (Å²) >= 11 is 0. The van der Waals surface area contributed by atoms with E-state index in [0.29, 0.717) is 11.3 Å².